The van der Waals surface area contributed by atoms with Gasteiger partial charge < -0.3 is 14.2 Å². The Morgan fingerprint density at radius 1 is 0.344 bits per heavy atom. The van der Waals surface area contributed by atoms with E-state index in [9.17, 15) is 14.4 Å². The van der Waals surface area contributed by atoms with E-state index in [1.165, 1.54) is 38.5 Å². The minimum Gasteiger partial charge on any atom is -0.462 e. The molecule has 0 spiro atoms. The molecule has 0 amide bonds. The molecule has 0 saturated carbocycles. The number of carbonyl (C=O) groups excluding carboxylic acids is 3. The van der Waals surface area contributed by atoms with E-state index in [-0.39, 0.29) is 37.5 Å². The van der Waals surface area contributed by atoms with Gasteiger partial charge in [0.2, 0.25) is 0 Å². The fraction of sp³-hybridized carbons (Fsp3) is 0.618. The van der Waals surface area contributed by atoms with E-state index in [1.807, 2.05) is 0 Å². The first-order valence-corrected chi connectivity index (χ1v) is 24.4. The number of hydrogen-bond donors (Lipinski definition) is 0. The van der Waals surface area contributed by atoms with Gasteiger partial charge in [-0.3, -0.25) is 14.4 Å². The molecule has 0 aromatic heterocycles. The van der Waals surface area contributed by atoms with Crippen molar-refractivity contribution in [2.45, 2.75) is 207 Å². The molecule has 0 N–H and O–H groups in total. The van der Waals surface area contributed by atoms with Crippen LogP contribution in [0.1, 0.15) is 201 Å². The highest BCUT2D eigenvalue weighted by Crippen LogP contribution is 2.12. The molecule has 0 fully saturated rings. The van der Waals surface area contributed by atoms with Gasteiger partial charge in [-0.1, -0.05) is 188 Å². The molecule has 0 heterocycles. The summed E-state index contributed by atoms with van der Waals surface area (Å²) in [7, 11) is 0. The van der Waals surface area contributed by atoms with Gasteiger partial charge in [0.05, 0.1) is 0 Å². The van der Waals surface area contributed by atoms with Crippen molar-refractivity contribution in [3.8, 4) is 0 Å². The molecular weight excluding hydrogens is 757 g/mol. The van der Waals surface area contributed by atoms with Crippen LogP contribution in [0, 0.1) is 0 Å². The highest BCUT2D eigenvalue weighted by atomic mass is 16.6. The van der Waals surface area contributed by atoms with Crippen LogP contribution in [-0.2, 0) is 28.6 Å². The van der Waals surface area contributed by atoms with Crippen molar-refractivity contribution in [2.24, 2.45) is 0 Å². The Balaban J connectivity index is 4.48. The van der Waals surface area contributed by atoms with Gasteiger partial charge in [0.15, 0.2) is 6.10 Å². The first-order valence-electron chi connectivity index (χ1n) is 24.4. The predicted molar refractivity (Wildman–Crippen MR) is 260 cm³/mol. The molecular formula is C55H88O6. The van der Waals surface area contributed by atoms with Gasteiger partial charge in [-0.2, -0.15) is 0 Å². The van der Waals surface area contributed by atoms with E-state index in [0.29, 0.717) is 19.3 Å². The lowest BCUT2D eigenvalue weighted by molar-refractivity contribution is -0.167. The van der Waals surface area contributed by atoms with E-state index in [2.05, 4.69) is 130 Å². The number of unbranched alkanes of at least 4 members (excludes halogenated alkanes) is 13. The van der Waals surface area contributed by atoms with E-state index in [1.54, 1.807) is 0 Å². The van der Waals surface area contributed by atoms with Crippen molar-refractivity contribution in [1.29, 1.82) is 0 Å². The molecule has 344 valence electrons. The van der Waals surface area contributed by atoms with Crippen LogP contribution < -0.4 is 0 Å². The number of ether oxygens (including phenoxy) is 3. The molecule has 61 heavy (non-hydrogen) atoms. The van der Waals surface area contributed by atoms with Crippen LogP contribution in [0.2, 0.25) is 0 Å². The van der Waals surface area contributed by atoms with Crippen LogP contribution in [0.3, 0.4) is 0 Å². The summed E-state index contributed by atoms with van der Waals surface area (Å²) in [6.07, 6.45) is 65.1. The lowest BCUT2D eigenvalue weighted by atomic mass is 10.1. The lowest BCUT2D eigenvalue weighted by Gasteiger charge is -2.18. The van der Waals surface area contributed by atoms with Crippen LogP contribution in [0.4, 0.5) is 0 Å². The summed E-state index contributed by atoms with van der Waals surface area (Å²) in [6, 6.07) is 0. The van der Waals surface area contributed by atoms with Crippen LogP contribution in [0.15, 0.2) is 109 Å². The second-order valence-corrected chi connectivity index (χ2v) is 15.6. The quantitative estimate of drug-likeness (QED) is 0.0264. The monoisotopic (exact) mass is 845 g/mol. The molecule has 6 heteroatoms. The first kappa shape index (κ1) is 57.1. The summed E-state index contributed by atoms with van der Waals surface area (Å²) in [4.78, 5) is 37.8. The number of rotatable bonds is 42. The number of carbonyl (C=O) groups is 3. The molecule has 1 atom stereocenters. The summed E-state index contributed by atoms with van der Waals surface area (Å²) < 4.78 is 16.7. The lowest BCUT2D eigenvalue weighted by Crippen LogP contribution is -2.30. The second kappa shape index (κ2) is 48.7. The molecule has 0 radical (unpaired) electrons. The molecule has 0 saturated heterocycles. The Morgan fingerprint density at radius 2 is 0.639 bits per heavy atom. The van der Waals surface area contributed by atoms with E-state index < -0.39 is 6.10 Å². The van der Waals surface area contributed by atoms with Gasteiger partial charge in [0, 0.05) is 19.3 Å². The minimum atomic E-state index is -0.812. The van der Waals surface area contributed by atoms with Crippen molar-refractivity contribution >= 4 is 17.9 Å². The fourth-order valence-corrected chi connectivity index (χ4v) is 6.16. The van der Waals surface area contributed by atoms with Gasteiger partial charge in [0.1, 0.15) is 13.2 Å². The zero-order chi connectivity index (χ0) is 44.4. The number of allylic oxidation sites excluding steroid dienone is 18. The third-order valence-electron chi connectivity index (χ3n) is 9.77. The SMILES string of the molecule is CC/C=C\C/C=C\C/C=C\C/C=C\C/C=C\CCCCCC(=O)OCC(COC(=O)CCCCCCCCCCC)OC(=O)CCCC/C=C\C/C=C\C/C=C\C/C=C\CC. The topological polar surface area (TPSA) is 78.9 Å². The van der Waals surface area contributed by atoms with Gasteiger partial charge in [0.25, 0.3) is 0 Å². The van der Waals surface area contributed by atoms with Gasteiger partial charge in [-0.15, -0.1) is 0 Å². The predicted octanol–water partition coefficient (Wildman–Crippen LogP) is 16.0. The highest BCUT2D eigenvalue weighted by Gasteiger charge is 2.19. The average molecular weight is 845 g/mol. The maximum Gasteiger partial charge on any atom is 0.306 e. The minimum absolute atomic E-state index is 0.107. The molecule has 6 nitrogen and oxygen atoms in total. The summed E-state index contributed by atoms with van der Waals surface area (Å²) in [5, 5.41) is 0. The summed E-state index contributed by atoms with van der Waals surface area (Å²) in [5.41, 5.74) is 0. The average Bonchev–Trinajstić information content (AvgIpc) is 3.26. The maximum absolute atomic E-state index is 12.7. The van der Waals surface area contributed by atoms with Crippen molar-refractivity contribution < 1.29 is 28.6 Å². The van der Waals surface area contributed by atoms with Crippen LogP contribution in [0.25, 0.3) is 0 Å². The third kappa shape index (κ3) is 47.0. The van der Waals surface area contributed by atoms with E-state index in [0.717, 1.165) is 116 Å². The van der Waals surface area contributed by atoms with Crippen LogP contribution in [-0.4, -0.2) is 37.2 Å². The zero-order valence-corrected chi connectivity index (χ0v) is 39.1. The Labute approximate surface area is 374 Å². The van der Waals surface area contributed by atoms with Gasteiger partial charge in [-0.05, 0) is 103 Å². The molecule has 0 aliphatic rings. The van der Waals surface area contributed by atoms with Gasteiger partial charge in [-0.25, -0.2) is 0 Å². The van der Waals surface area contributed by atoms with Crippen molar-refractivity contribution in [3.05, 3.63) is 109 Å². The molecule has 0 bridgehead atoms. The fourth-order valence-electron chi connectivity index (χ4n) is 6.16. The Morgan fingerprint density at radius 3 is 1.03 bits per heavy atom. The highest BCUT2D eigenvalue weighted by molar-refractivity contribution is 5.71. The maximum atomic E-state index is 12.7. The van der Waals surface area contributed by atoms with Crippen molar-refractivity contribution in [2.75, 3.05) is 13.2 Å². The van der Waals surface area contributed by atoms with Crippen molar-refractivity contribution in [3.63, 3.8) is 0 Å². The largest absolute Gasteiger partial charge is 0.462 e. The number of esters is 3. The van der Waals surface area contributed by atoms with Gasteiger partial charge >= 0.3 is 17.9 Å². The van der Waals surface area contributed by atoms with E-state index in [4.69, 9.17) is 14.2 Å². The Kier molecular flexibility index (Phi) is 45.6. The third-order valence-corrected chi connectivity index (χ3v) is 9.77. The standard InChI is InChI=1S/C55H88O6/c1-4-7-10-13-16-19-21-23-25-26-27-28-30-31-33-36-39-42-45-48-54(57)60-51-52(50-59-53(56)47-44-41-38-35-18-15-12-9-6-3)61-55(58)49-46-43-40-37-34-32-29-24-22-20-17-14-11-8-5-2/h7-8,10-11,16-17,19-20,23-25,27-29,31,33-34,37,52H,4-6,9,12-15,18,21-22,26,30,32,35-36,38-51H2,1-3H3/b10-7-,11-8-,19-16-,20-17-,25-23-,28-27-,29-24-,33-31-,37-34-. The smallest absolute Gasteiger partial charge is 0.306 e. The normalized spacial score (nSPS) is 13.0. The zero-order valence-electron chi connectivity index (χ0n) is 39.1. The van der Waals surface area contributed by atoms with E-state index >= 15 is 0 Å². The molecule has 0 aromatic rings. The second-order valence-electron chi connectivity index (χ2n) is 15.6. The molecule has 0 rings (SSSR count). The number of hydrogen-bond acceptors (Lipinski definition) is 6. The summed E-state index contributed by atoms with van der Waals surface area (Å²) in [5.74, 6) is -0.994. The molecule has 1 unspecified atom stereocenters. The van der Waals surface area contributed by atoms with Crippen LogP contribution >= 0.6 is 0 Å². The van der Waals surface area contributed by atoms with Crippen LogP contribution in [0.5, 0.6) is 0 Å². The molecule has 0 aromatic carbocycles. The Hall–Kier alpha value is -3.93. The summed E-state index contributed by atoms with van der Waals surface area (Å²) in [6.45, 7) is 6.30. The molecule has 0 aliphatic heterocycles. The Bertz CT molecular complexity index is 1290. The first-order chi connectivity index (χ1) is 30.0. The molecule has 0 aliphatic carbocycles. The van der Waals surface area contributed by atoms with Crippen molar-refractivity contribution in [1.82, 2.24) is 0 Å². The summed E-state index contributed by atoms with van der Waals surface area (Å²) >= 11 is 0.